The number of hydrogen-bond acceptors (Lipinski definition) is 4. The number of fused-ring (bicyclic) bond motifs is 3. The molecule has 0 spiro atoms. The van der Waals surface area contributed by atoms with E-state index in [0.29, 0.717) is 30.3 Å². The Morgan fingerprint density at radius 2 is 2.00 bits per heavy atom. The Kier molecular flexibility index (Phi) is 5.55. The van der Waals surface area contributed by atoms with Crippen LogP contribution in [0, 0.1) is 0 Å². The van der Waals surface area contributed by atoms with Crippen molar-refractivity contribution in [1.82, 2.24) is 9.88 Å². The number of ether oxygens (including phenoxy) is 2. The second kappa shape index (κ2) is 8.28. The summed E-state index contributed by atoms with van der Waals surface area (Å²) < 4.78 is 10.7. The van der Waals surface area contributed by atoms with Crippen molar-refractivity contribution in [3.05, 3.63) is 64.3 Å². The Balaban J connectivity index is 1.76. The van der Waals surface area contributed by atoms with Gasteiger partial charge in [0, 0.05) is 28.2 Å². The van der Waals surface area contributed by atoms with Crippen LogP contribution in [0.4, 0.5) is 4.79 Å². The number of halogens is 1. The van der Waals surface area contributed by atoms with Gasteiger partial charge in [0.05, 0.1) is 6.61 Å². The molecule has 0 bridgehead atoms. The standard InChI is InChI=1S/C22H22ClN3O4/c1-2-29-22(28)26-10-9-16-17-11-14(23)5-8-18(17)25-20(16)21(26)13-3-6-15(7-4-13)30-12-19(24)27/h3-8,11,21,25H,2,9-10,12H2,1H3,(H2,24,27). The number of aromatic nitrogens is 1. The van der Waals surface area contributed by atoms with E-state index in [1.807, 2.05) is 30.3 Å². The number of amides is 2. The molecule has 3 aromatic rings. The second-order valence-corrected chi connectivity index (χ2v) is 7.51. The molecule has 30 heavy (non-hydrogen) atoms. The highest BCUT2D eigenvalue weighted by Gasteiger charge is 2.35. The third-order valence-corrected chi connectivity index (χ3v) is 5.40. The van der Waals surface area contributed by atoms with Crippen LogP contribution in [0.1, 0.15) is 29.8 Å². The number of nitrogens with one attached hydrogen (secondary N) is 1. The van der Waals surface area contributed by atoms with Gasteiger partial charge < -0.3 is 20.2 Å². The van der Waals surface area contributed by atoms with Crippen molar-refractivity contribution < 1.29 is 19.1 Å². The molecule has 2 amide bonds. The van der Waals surface area contributed by atoms with E-state index in [1.165, 1.54) is 0 Å². The van der Waals surface area contributed by atoms with Crippen LogP contribution in [0.5, 0.6) is 5.75 Å². The van der Waals surface area contributed by atoms with Crippen molar-refractivity contribution in [2.45, 2.75) is 19.4 Å². The summed E-state index contributed by atoms with van der Waals surface area (Å²) in [6.07, 6.45) is 0.337. The van der Waals surface area contributed by atoms with Crippen LogP contribution in [0.3, 0.4) is 0 Å². The molecule has 2 heterocycles. The van der Waals surface area contributed by atoms with Gasteiger partial charge in [-0.05, 0) is 54.8 Å². The van der Waals surface area contributed by atoms with Crippen molar-refractivity contribution in [3.8, 4) is 5.75 Å². The SMILES string of the molecule is CCOC(=O)N1CCc2c([nH]c3ccc(Cl)cc23)C1c1ccc(OCC(N)=O)cc1. The molecule has 1 aromatic heterocycles. The molecular weight excluding hydrogens is 406 g/mol. The predicted molar refractivity (Wildman–Crippen MR) is 114 cm³/mol. The molecule has 1 unspecified atom stereocenters. The van der Waals surface area contributed by atoms with Crippen LogP contribution in [0.2, 0.25) is 5.02 Å². The van der Waals surface area contributed by atoms with Crippen molar-refractivity contribution in [2.24, 2.45) is 5.73 Å². The Bertz CT molecular complexity index is 1090. The van der Waals surface area contributed by atoms with Crippen LogP contribution in [0.15, 0.2) is 42.5 Å². The summed E-state index contributed by atoms with van der Waals surface area (Å²) in [5, 5.41) is 1.73. The maximum atomic E-state index is 12.7. The number of benzene rings is 2. The summed E-state index contributed by atoms with van der Waals surface area (Å²) in [6, 6.07) is 12.7. The number of carbonyl (C=O) groups is 2. The van der Waals surface area contributed by atoms with Gasteiger partial charge in [-0.25, -0.2) is 4.79 Å². The maximum Gasteiger partial charge on any atom is 0.410 e. The highest BCUT2D eigenvalue weighted by molar-refractivity contribution is 6.31. The zero-order valence-electron chi connectivity index (χ0n) is 16.5. The molecule has 8 heteroatoms. The summed E-state index contributed by atoms with van der Waals surface area (Å²) in [6.45, 7) is 2.43. The van der Waals surface area contributed by atoms with Crippen LogP contribution < -0.4 is 10.5 Å². The Morgan fingerprint density at radius 3 is 2.70 bits per heavy atom. The van der Waals surface area contributed by atoms with Gasteiger partial charge in [-0.15, -0.1) is 0 Å². The third kappa shape index (κ3) is 3.80. The average Bonchev–Trinajstić information content (AvgIpc) is 3.10. The number of H-pyrrole nitrogens is 1. The number of rotatable bonds is 5. The van der Waals surface area contributed by atoms with Gasteiger partial charge in [0.15, 0.2) is 6.61 Å². The summed E-state index contributed by atoms with van der Waals surface area (Å²) in [5.74, 6) is -0.0130. The normalized spacial score (nSPS) is 15.7. The molecule has 2 aromatic carbocycles. The lowest BCUT2D eigenvalue weighted by molar-refractivity contribution is -0.119. The van der Waals surface area contributed by atoms with Gasteiger partial charge >= 0.3 is 6.09 Å². The Labute approximate surface area is 178 Å². The van der Waals surface area contributed by atoms with Gasteiger partial charge in [0.25, 0.3) is 5.91 Å². The first-order chi connectivity index (χ1) is 14.5. The molecule has 3 N–H and O–H groups in total. The molecule has 0 saturated heterocycles. The molecule has 1 aliphatic rings. The van der Waals surface area contributed by atoms with E-state index in [9.17, 15) is 9.59 Å². The summed E-state index contributed by atoms with van der Waals surface area (Å²) >= 11 is 6.22. The van der Waals surface area contributed by atoms with Gasteiger partial charge in [0.2, 0.25) is 0 Å². The van der Waals surface area contributed by atoms with Crippen molar-refractivity contribution in [3.63, 3.8) is 0 Å². The summed E-state index contributed by atoms with van der Waals surface area (Å²) in [7, 11) is 0. The minimum absolute atomic E-state index is 0.190. The topological polar surface area (TPSA) is 97.7 Å². The highest BCUT2D eigenvalue weighted by Crippen LogP contribution is 2.39. The minimum Gasteiger partial charge on any atom is -0.484 e. The van der Waals surface area contributed by atoms with Gasteiger partial charge in [-0.3, -0.25) is 9.69 Å². The second-order valence-electron chi connectivity index (χ2n) is 7.08. The molecule has 0 aliphatic carbocycles. The van der Waals surface area contributed by atoms with E-state index in [2.05, 4.69) is 4.98 Å². The minimum atomic E-state index is -0.541. The zero-order valence-corrected chi connectivity index (χ0v) is 17.2. The fourth-order valence-corrected chi connectivity index (χ4v) is 4.08. The molecule has 156 valence electrons. The monoisotopic (exact) mass is 427 g/mol. The van der Waals surface area contributed by atoms with E-state index >= 15 is 0 Å². The van der Waals surface area contributed by atoms with E-state index in [0.717, 1.165) is 27.7 Å². The zero-order chi connectivity index (χ0) is 21.3. The molecule has 1 atom stereocenters. The van der Waals surface area contributed by atoms with Gasteiger partial charge in [-0.2, -0.15) is 0 Å². The number of carbonyl (C=O) groups excluding carboxylic acids is 2. The van der Waals surface area contributed by atoms with E-state index in [4.69, 9.17) is 26.8 Å². The van der Waals surface area contributed by atoms with E-state index < -0.39 is 5.91 Å². The Morgan fingerprint density at radius 1 is 1.23 bits per heavy atom. The van der Waals surface area contributed by atoms with Crippen LogP contribution in [-0.2, 0) is 16.0 Å². The molecular formula is C22H22ClN3O4. The van der Waals surface area contributed by atoms with Crippen LogP contribution in [-0.4, -0.2) is 41.6 Å². The van der Waals surface area contributed by atoms with Gasteiger partial charge in [0.1, 0.15) is 11.8 Å². The molecule has 4 rings (SSSR count). The van der Waals surface area contributed by atoms with E-state index in [-0.39, 0.29) is 18.7 Å². The smallest absolute Gasteiger partial charge is 0.410 e. The largest absolute Gasteiger partial charge is 0.484 e. The first kappa shape index (κ1) is 20.1. The number of primary amides is 1. The Hall–Kier alpha value is -3.19. The lowest BCUT2D eigenvalue weighted by Crippen LogP contribution is -2.40. The quantitative estimate of drug-likeness (QED) is 0.647. The van der Waals surface area contributed by atoms with E-state index in [1.54, 1.807) is 24.0 Å². The molecule has 7 nitrogen and oxygen atoms in total. The first-order valence-corrected chi connectivity index (χ1v) is 10.1. The number of hydrogen-bond donors (Lipinski definition) is 2. The van der Waals surface area contributed by atoms with Gasteiger partial charge in [-0.1, -0.05) is 23.7 Å². The summed E-state index contributed by atoms with van der Waals surface area (Å²) in [5.41, 5.74) is 9.09. The fraction of sp³-hybridized carbons (Fsp3) is 0.273. The molecule has 0 saturated carbocycles. The lowest BCUT2D eigenvalue weighted by Gasteiger charge is -2.35. The van der Waals surface area contributed by atoms with Crippen molar-refractivity contribution in [1.29, 1.82) is 0 Å². The number of aromatic amines is 1. The van der Waals surface area contributed by atoms with Crippen molar-refractivity contribution >= 4 is 34.5 Å². The first-order valence-electron chi connectivity index (χ1n) is 9.72. The predicted octanol–water partition coefficient (Wildman–Crippen LogP) is 3.79. The molecule has 0 radical (unpaired) electrons. The lowest BCUT2D eigenvalue weighted by atomic mass is 9.92. The summed E-state index contributed by atoms with van der Waals surface area (Å²) in [4.78, 5) is 28.8. The van der Waals surface area contributed by atoms with Crippen LogP contribution >= 0.6 is 11.6 Å². The highest BCUT2D eigenvalue weighted by atomic mass is 35.5. The average molecular weight is 428 g/mol. The number of nitrogens with two attached hydrogens (primary N) is 1. The van der Waals surface area contributed by atoms with Crippen LogP contribution in [0.25, 0.3) is 10.9 Å². The fourth-order valence-electron chi connectivity index (χ4n) is 3.91. The van der Waals surface area contributed by atoms with Crippen molar-refractivity contribution in [2.75, 3.05) is 19.8 Å². The third-order valence-electron chi connectivity index (χ3n) is 5.17. The number of nitrogens with zero attached hydrogens (tertiary/aromatic N) is 1. The maximum absolute atomic E-state index is 12.7. The molecule has 0 fully saturated rings. The molecule has 1 aliphatic heterocycles.